The van der Waals surface area contributed by atoms with Gasteiger partial charge < -0.3 is 0 Å². The fourth-order valence-corrected chi connectivity index (χ4v) is 1.22. The van der Waals surface area contributed by atoms with Crippen LogP contribution in [0.4, 0.5) is 13.2 Å². The molecule has 1 aromatic carbocycles. The van der Waals surface area contributed by atoms with Crippen LogP contribution in [0.1, 0.15) is 17.5 Å². The summed E-state index contributed by atoms with van der Waals surface area (Å²) in [6.45, 7) is 0. The normalized spacial score (nSPS) is 10.2. The standard InChI is InChI=1S/C11H5ClF3N/c12-9-4-5-10(11(13,14)15)8(7-9)3-1-2-6-16/h4-5,7H,2H2. The van der Waals surface area contributed by atoms with Crippen LogP contribution in [-0.2, 0) is 6.18 Å². The number of hydrogen-bond donors (Lipinski definition) is 0. The van der Waals surface area contributed by atoms with Gasteiger partial charge in [-0.2, -0.15) is 18.4 Å². The molecular formula is C11H5ClF3N. The minimum absolute atomic E-state index is 0.121. The van der Waals surface area contributed by atoms with Crippen LogP contribution in [0.2, 0.25) is 5.02 Å². The molecule has 0 spiro atoms. The molecule has 0 unspecified atom stereocenters. The largest absolute Gasteiger partial charge is 0.417 e. The highest BCUT2D eigenvalue weighted by Crippen LogP contribution is 2.32. The molecule has 0 aliphatic rings. The van der Waals surface area contributed by atoms with Gasteiger partial charge in [-0.05, 0) is 18.2 Å². The van der Waals surface area contributed by atoms with Gasteiger partial charge in [0.1, 0.15) is 0 Å². The Bertz CT molecular complexity index is 489. The fraction of sp³-hybridized carbons (Fsp3) is 0.182. The monoisotopic (exact) mass is 243 g/mol. The van der Waals surface area contributed by atoms with Crippen LogP contribution in [0.15, 0.2) is 18.2 Å². The summed E-state index contributed by atoms with van der Waals surface area (Å²) in [4.78, 5) is 0. The fourth-order valence-electron chi connectivity index (χ4n) is 1.05. The maximum atomic E-state index is 12.5. The third-order valence-corrected chi connectivity index (χ3v) is 1.91. The highest BCUT2D eigenvalue weighted by molar-refractivity contribution is 6.30. The molecule has 16 heavy (non-hydrogen) atoms. The van der Waals surface area contributed by atoms with E-state index in [1.165, 1.54) is 0 Å². The van der Waals surface area contributed by atoms with E-state index in [0.717, 1.165) is 18.2 Å². The molecule has 0 aliphatic heterocycles. The summed E-state index contributed by atoms with van der Waals surface area (Å²) in [5, 5.41) is 8.40. The van der Waals surface area contributed by atoms with Crippen molar-refractivity contribution in [2.45, 2.75) is 12.6 Å². The second-order valence-corrected chi connectivity index (χ2v) is 3.26. The molecule has 1 rings (SSSR count). The number of alkyl halides is 3. The van der Waals surface area contributed by atoms with E-state index in [9.17, 15) is 13.2 Å². The van der Waals surface area contributed by atoms with Crippen molar-refractivity contribution < 1.29 is 13.2 Å². The maximum absolute atomic E-state index is 12.5. The quantitative estimate of drug-likeness (QED) is 0.639. The summed E-state index contributed by atoms with van der Waals surface area (Å²) < 4.78 is 37.5. The second kappa shape index (κ2) is 4.92. The van der Waals surface area contributed by atoms with Gasteiger partial charge >= 0.3 is 6.18 Å². The molecule has 0 radical (unpaired) electrons. The molecule has 0 atom stereocenters. The van der Waals surface area contributed by atoms with Crippen LogP contribution in [0, 0.1) is 23.2 Å². The average molecular weight is 244 g/mol. The second-order valence-electron chi connectivity index (χ2n) is 2.82. The molecule has 0 bridgehead atoms. The summed E-state index contributed by atoms with van der Waals surface area (Å²) in [5.41, 5.74) is -1.06. The van der Waals surface area contributed by atoms with Crippen LogP contribution in [0.5, 0.6) is 0 Å². The third-order valence-electron chi connectivity index (χ3n) is 1.68. The zero-order valence-electron chi connectivity index (χ0n) is 7.90. The van der Waals surface area contributed by atoms with Crippen LogP contribution < -0.4 is 0 Å². The average Bonchev–Trinajstić information content (AvgIpc) is 2.16. The van der Waals surface area contributed by atoms with E-state index >= 15 is 0 Å². The van der Waals surface area contributed by atoms with E-state index < -0.39 is 11.7 Å². The number of nitrogens with zero attached hydrogens (tertiary/aromatic N) is 1. The number of hydrogen-bond acceptors (Lipinski definition) is 1. The molecule has 0 N–H and O–H groups in total. The minimum atomic E-state index is -4.47. The van der Waals surface area contributed by atoms with Gasteiger partial charge in [0.05, 0.1) is 18.1 Å². The third kappa shape index (κ3) is 3.18. The van der Waals surface area contributed by atoms with Crippen LogP contribution in [0.3, 0.4) is 0 Å². The zero-order valence-corrected chi connectivity index (χ0v) is 8.65. The van der Waals surface area contributed by atoms with Crippen molar-refractivity contribution in [1.82, 2.24) is 0 Å². The van der Waals surface area contributed by atoms with Crippen molar-refractivity contribution >= 4 is 11.6 Å². The van der Waals surface area contributed by atoms with Gasteiger partial charge in [0.15, 0.2) is 0 Å². The van der Waals surface area contributed by atoms with Crippen LogP contribution >= 0.6 is 11.6 Å². The molecule has 0 amide bonds. The van der Waals surface area contributed by atoms with E-state index in [0.29, 0.717) is 0 Å². The zero-order chi connectivity index (χ0) is 12.2. The molecule has 0 fully saturated rings. The molecule has 0 heterocycles. The molecule has 5 heteroatoms. The van der Waals surface area contributed by atoms with Gasteiger partial charge in [0.25, 0.3) is 0 Å². The Balaban J connectivity index is 3.22. The Morgan fingerprint density at radius 2 is 2.00 bits per heavy atom. The van der Waals surface area contributed by atoms with Crippen molar-refractivity contribution in [3.05, 3.63) is 34.3 Å². The summed E-state index contributed by atoms with van der Waals surface area (Å²) in [7, 11) is 0. The van der Waals surface area contributed by atoms with E-state index in [1.54, 1.807) is 6.07 Å². The number of benzene rings is 1. The topological polar surface area (TPSA) is 23.8 Å². The predicted molar refractivity (Wildman–Crippen MR) is 53.6 cm³/mol. The highest BCUT2D eigenvalue weighted by atomic mass is 35.5. The molecule has 0 aromatic heterocycles. The summed E-state index contributed by atoms with van der Waals surface area (Å²) >= 11 is 5.58. The van der Waals surface area contributed by atoms with Crippen molar-refractivity contribution in [3.8, 4) is 17.9 Å². The van der Waals surface area contributed by atoms with Crippen molar-refractivity contribution in [2.75, 3.05) is 0 Å². The van der Waals surface area contributed by atoms with Gasteiger partial charge in [-0.1, -0.05) is 23.4 Å². The first-order chi connectivity index (χ1) is 7.45. The van der Waals surface area contributed by atoms with Crippen molar-refractivity contribution in [2.24, 2.45) is 0 Å². The van der Waals surface area contributed by atoms with E-state index in [4.69, 9.17) is 16.9 Å². The van der Waals surface area contributed by atoms with Crippen LogP contribution in [-0.4, -0.2) is 0 Å². The highest BCUT2D eigenvalue weighted by Gasteiger charge is 2.32. The first-order valence-corrected chi connectivity index (χ1v) is 4.55. The summed E-state index contributed by atoms with van der Waals surface area (Å²) in [6, 6.07) is 4.88. The van der Waals surface area contributed by atoms with Gasteiger partial charge in [-0.25, -0.2) is 0 Å². The van der Waals surface area contributed by atoms with Gasteiger partial charge in [0.2, 0.25) is 0 Å². The SMILES string of the molecule is N#CCC#Cc1cc(Cl)ccc1C(F)(F)F. The Hall–Kier alpha value is -1.65. The lowest BCUT2D eigenvalue weighted by molar-refractivity contribution is -0.137. The molecule has 1 nitrogen and oxygen atoms in total. The van der Waals surface area contributed by atoms with Gasteiger partial charge in [-0.3, -0.25) is 0 Å². The Morgan fingerprint density at radius 3 is 2.56 bits per heavy atom. The van der Waals surface area contributed by atoms with Crippen LogP contribution in [0.25, 0.3) is 0 Å². The van der Waals surface area contributed by atoms with Crippen molar-refractivity contribution in [3.63, 3.8) is 0 Å². The van der Waals surface area contributed by atoms with Crippen molar-refractivity contribution in [1.29, 1.82) is 5.26 Å². The summed E-state index contributed by atoms with van der Waals surface area (Å²) in [6.07, 6.45) is -4.59. The minimum Gasteiger partial charge on any atom is -0.197 e. The number of halogens is 4. The summed E-state index contributed by atoms with van der Waals surface area (Å²) in [5.74, 6) is 4.61. The molecular weight excluding hydrogens is 239 g/mol. The first kappa shape index (κ1) is 12.4. The Labute approximate surface area is 95.4 Å². The number of nitriles is 1. The smallest absolute Gasteiger partial charge is 0.197 e. The van der Waals surface area contributed by atoms with E-state index in [1.807, 2.05) is 0 Å². The maximum Gasteiger partial charge on any atom is 0.417 e. The van der Waals surface area contributed by atoms with E-state index in [2.05, 4.69) is 11.8 Å². The van der Waals surface area contributed by atoms with Gasteiger partial charge in [-0.15, -0.1) is 0 Å². The van der Waals surface area contributed by atoms with Gasteiger partial charge in [0, 0.05) is 10.6 Å². The molecule has 0 saturated carbocycles. The van der Waals surface area contributed by atoms with E-state index in [-0.39, 0.29) is 17.0 Å². The Morgan fingerprint density at radius 1 is 1.31 bits per heavy atom. The lowest BCUT2D eigenvalue weighted by Crippen LogP contribution is -2.07. The lowest BCUT2D eigenvalue weighted by Gasteiger charge is -2.08. The molecule has 1 aromatic rings. The molecule has 0 saturated heterocycles. The first-order valence-electron chi connectivity index (χ1n) is 4.17. The molecule has 82 valence electrons. The predicted octanol–water partition coefficient (Wildman–Crippen LogP) is 3.62. The lowest BCUT2D eigenvalue weighted by atomic mass is 10.1. The molecule has 0 aliphatic carbocycles. The number of rotatable bonds is 0. The Kier molecular flexibility index (Phi) is 3.82.